The molecule has 3 aromatic rings. The van der Waals surface area contributed by atoms with Crippen LogP contribution in [0.2, 0.25) is 0 Å². The van der Waals surface area contributed by atoms with E-state index in [0.29, 0.717) is 23.3 Å². The van der Waals surface area contributed by atoms with E-state index in [0.717, 1.165) is 0 Å². The Labute approximate surface area is 119 Å². The molecule has 0 aliphatic rings. The van der Waals surface area contributed by atoms with E-state index < -0.39 is 17.0 Å². The second-order valence-electron chi connectivity index (χ2n) is 4.78. The molecule has 21 heavy (non-hydrogen) atoms. The SMILES string of the molecule is CCn1nc(C)c2c(=O)c(O)c(-c3ccccc3F)[nH]c21. The highest BCUT2D eigenvalue weighted by Crippen LogP contribution is 2.29. The lowest BCUT2D eigenvalue weighted by atomic mass is 10.1. The van der Waals surface area contributed by atoms with Crippen molar-refractivity contribution in [2.75, 3.05) is 0 Å². The molecule has 108 valence electrons. The molecule has 0 fully saturated rings. The first kappa shape index (κ1) is 13.4. The van der Waals surface area contributed by atoms with Gasteiger partial charge >= 0.3 is 0 Å². The van der Waals surface area contributed by atoms with Crippen LogP contribution in [0.3, 0.4) is 0 Å². The summed E-state index contributed by atoms with van der Waals surface area (Å²) in [7, 11) is 0. The zero-order valence-electron chi connectivity index (χ0n) is 11.6. The lowest BCUT2D eigenvalue weighted by molar-refractivity contribution is 0.470. The molecule has 0 atom stereocenters. The van der Waals surface area contributed by atoms with Crippen molar-refractivity contribution in [3.63, 3.8) is 0 Å². The summed E-state index contributed by atoms with van der Waals surface area (Å²) in [6, 6.07) is 5.97. The van der Waals surface area contributed by atoms with Crippen LogP contribution in [-0.2, 0) is 6.54 Å². The number of aromatic hydroxyl groups is 1. The molecular formula is C15H14FN3O2. The van der Waals surface area contributed by atoms with Crippen molar-refractivity contribution < 1.29 is 9.50 Å². The van der Waals surface area contributed by atoms with E-state index in [-0.39, 0.29) is 11.3 Å². The highest BCUT2D eigenvalue weighted by molar-refractivity contribution is 5.84. The van der Waals surface area contributed by atoms with Crippen molar-refractivity contribution in [3.05, 3.63) is 46.0 Å². The van der Waals surface area contributed by atoms with Gasteiger partial charge in [0.15, 0.2) is 5.75 Å². The van der Waals surface area contributed by atoms with Crippen LogP contribution in [0.4, 0.5) is 4.39 Å². The van der Waals surface area contributed by atoms with E-state index in [1.807, 2.05) is 6.92 Å². The molecule has 2 N–H and O–H groups in total. The average Bonchev–Trinajstić information content (AvgIpc) is 2.80. The van der Waals surface area contributed by atoms with Crippen LogP contribution >= 0.6 is 0 Å². The number of aromatic amines is 1. The number of benzene rings is 1. The molecule has 3 rings (SSSR count). The van der Waals surface area contributed by atoms with Crippen LogP contribution in [-0.4, -0.2) is 19.9 Å². The number of pyridine rings is 1. The molecule has 6 heteroatoms. The molecule has 0 bridgehead atoms. The molecule has 0 amide bonds. The molecular weight excluding hydrogens is 273 g/mol. The van der Waals surface area contributed by atoms with Crippen molar-refractivity contribution in [2.45, 2.75) is 20.4 Å². The van der Waals surface area contributed by atoms with Gasteiger partial charge in [-0.25, -0.2) is 9.07 Å². The zero-order chi connectivity index (χ0) is 15.1. The number of aromatic nitrogens is 3. The fourth-order valence-corrected chi connectivity index (χ4v) is 2.48. The fourth-order valence-electron chi connectivity index (χ4n) is 2.48. The van der Waals surface area contributed by atoms with Gasteiger partial charge in [0.25, 0.3) is 0 Å². The predicted molar refractivity (Wildman–Crippen MR) is 77.8 cm³/mol. The van der Waals surface area contributed by atoms with Gasteiger partial charge < -0.3 is 10.1 Å². The van der Waals surface area contributed by atoms with E-state index >= 15 is 0 Å². The minimum absolute atomic E-state index is 0.0696. The van der Waals surface area contributed by atoms with Gasteiger partial charge in [-0.15, -0.1) is 0 Å². The first-order chi connectivity index (χ1) is 10.0. The summed E-state index contributed by atoms with van der Waals surface area (Å²) in [5.41, 5.74) is 0.689. The van der Waals surface area contributed by atoms with Gasteiger partial charge in [0, 0.05) is 12.1 Å². The van der Waals surface area contributed by atoms with Crippen LogP contribution in [0.25, 0.3) is 22.3 Å². The molecule has 5 nitrogen and oxygen atoms in total. The molecule has 0 unspecified atom stereocenters. The molecule has 2 aromatic heterocycles. The van der Waals surface area contributed by atoms with Gasteiger partial charge in [0.05, 0.1) is 16.8 Å². The molecule has 1 aromatic carbocycles. The van der Waals surface area contributed by atoms with E-state index in [2.05, 4.69) is 10.1 Å². The summed E-state index contributed by atoms with van der Waals surface area (Å²) < 4.78 is 15.5. The van der Waals surface area contributed by atoms with Gasteiger partial charge in [0.1, 0.15) is 11.5 Å². The molecule has 0 spiro atoms. The molecule has 2 heterocycles. The number of hydrogen-bond acceptors (Lipinski definition) is 3. The van der Waals surface area contributed by atoms with Crippen molar-refractivity contribution in [1.82, 2.24) is 14.8 Å². The summed E-state index contributed by atoms with van der Waals surface area (Å²) in [5, 5.41) is 14.7. The Balaban J connectivity index is 2.43. The highest BCUT2D eigenvalue weighted by atomic mass is 19.1. The summed E-state index contributed by atoms with van der Waals surface area (Å²) >= 11 is 0. The summed E-state index contributed by atoms with van der Waals surface area (Å²) in [4.78, 5) is 15.3. The molecule has 0 radical (unpaired) electrons. The average molecular weight is 287 g/mol. The standard InChI is InChI=1S/C15H14FN3O2/c1-3-19-15-11(8(2)18-19)13(20)14(21)12(17-15)9-6-4-5-7-10(9)16/h4-7,21H,3H2,1-2H3,(H,17,20). The normalized spacial score (nSPS) is 11.2. The van der Waals surface area contributed by atoms with Crippen LogP contribution in [0, 0.1) is 12.7 Å². The molecule has 0 aliphatic carbocycles. The summed E-state index contributed by atoms with van der Waals surface area (Å²) in [5.74, 6) is -1.01. The topological polar surface area (TPSA) is 70.9 Å². The van der Waals surface area contributed by atoms with Crippen molar-refractivity contribution in [1.29, 1.82) is 0 Å². The first-order valence-electron chi connectivity index (χ1n) is 6.61. The maximum Gasteiger partial charge on any atom is 0.235 e. The number of halogens is 1. The Kier molecular flexibility index (Phi) is 3.01. The van der Waals surface area contributed by atoms with E-state index in [1.54, 1.807) is 23.7 Å². The number of H-pyrrole nitrogens is 1. The van der Waals surface area contributed by atoms with E-state index in [4.69, 9.17) is 0 Å². The van der Waals surface area contributed by atoms with Gasteiger partial charge in [-0.05, 0) is 26.0 Å². The number of rotatable bonds is 2. The fraction of sp³-hybridized carbons (Fsp3) is 0.200. The number of nitrogens with zero attached hydrogens (tertiary/aromatic N) is 2. The summed E-state index contributed by atoms with van der Waals surface area (Å²) in [6.07, 6.45) is 0. The third-order valence-electron chi connectivity index (χ3n) is 3.49. The van der Waals surface area contributed by atoms with Crippen LogP contribution in [0.15, 0.2) is 29.1 Å². The van der Waals surface area contributed by atoms with Gasteiger partial charge in [-0.2, -0.15) is 5.10 Å². The smallest absolute Gasteiger partial charge is 0.235 e. The quantitative estimate of drug-likeness (QED) is 0.761. The van der Waals surface area contributed by atoms with Crippen LogP contribution in [0.1, 0.15) is 12.6 Å². The van der Waals surface area contributed by atoms with Crippen molar-refractivity contribution in [3.8, 4) is 17.0 Å². The molecule has 0 aliphatic heterocycles. The Morgan fingerprint density at radius 1 is 1.38 bits per heavy atom. The number of aryl methyl sites for hydroxylation is 2. The third kappa shape index (κ3) is 1.91. The minimum Gasteiger partial charge on any atom is -0.503 e. The van der Waals surface area contributed by atoms with Crippen LogP contribution in [0.5, 0.6) is 5.75 Å². The maximum absolute atomic E-state index is 13.9. The second kappa shape index (κ2) is 4.73. The van der Waals surface area contributed by atoms with E-state index in [1.165, 1.54) is 12.1 Å². The Bertz CT molecular complexity index is 896. The zero-order valence-corrected chi connectivity index (χ0v) is 11.6. The van der Waals surface area contributed by atoms with E-state index in [9.17, 15) is 14.3 Å². The van der Waals surface area contributed by atoms with Gasteiger partial charge in [-0.1, -0.05) is 12.1 Å². The maximum atomic E-state index is 13.9. The Morgan fingerprint density at radius 2 is 2.10 bits per heavy atom. The molecule has 0 saturated heterocycles. The lowest BCUT2D eigenvalue weighted by Crippen LogP contribution is -2.07. The highest BCUT2D eigenvalue weighted by Gasteiger charge is 2.19. The number of hydrogen-bond donors (Lipinski definition) is 2. The predicted octanol–water partition coefficient (Wildman–Crippen LogP) is 2.56. The van der Waals surface area contributed by atoms with Gasteiger partial charge in [0.2, 0.25) is 5.43 Å². The summed E-state index contributed by atoms with van der Waals surface area (Å²) in [6.45, 7) is 4.15. The third-order valence-corrected chi connectivity index (χ3v) is 3.49. The van der Waals surface area contributed by atoms with Crippen molar-refractivity contribution >= 4 is 11.0 Å². The Hall–Kier alpha value is -2.63. The van der Waals surface area contributed by atoms with Crippen LogP contribution < -0.4 is 5.43 Å². The van der Waals surface area contributed by atoms with Gasteiger partial charge in [-0.3, -0.25) is 4.79 Å². The largest absolute Gasteiger partial charge is 0.503 e. The number of nitrogens with one attached hydrogen (secondary N) is 1. The monoisotopic (exact) mass is 287 g/mol. The minimum atomic E-state index is -0.542. The van der Waals surface area contributed by atoms with Crippen molar-refractivity contribution in [2.24, 2.45) is 0 Å². The lowest BCUT2D eigenvalue weighted by Gasteiger charge is -2.07. The number of fused-ring (bicyclic) bond motifs is 1. The Morgan fingerprint density at radius 3 is 2.76 bits per heavy atom. The molecule has 0 saturated carbocycles. The first-order valence-corrected chi connectivity index (χ1v) is 6.61. The second-order valence-corrected chi connectivity index (χ2v) is 4.78.